The minimum Gasteiger partial charge on any atom is -0.330 e. The summed E-state index contributed by atoms with van der Waals surface area (Å²) >= 11 is 1.49. The van der Waals surface area contributed by atoms with Crippen LogP contribution in [-0.4, -0.2) is 12.3 Å². The van der Waals surface area contributed by atoms with E-state index in [2.05, 4.69) is 4.99 Å². The second-order valence-corrected chi connectivity index (χ2v) is 6.27. The fraction of sp³-hybridized carbons (Fsp3) is 0.312. The highest BCUT2D eigenvalue weighted by atomic mass is 32.2. The molecular weight excluding hydrogens is 309 g/mol. The van der Waals surface area contributed by atoms with E-state index in [0.717, 1.165) is 15.5 Å². The predicted molar refractivity (Wildman–Crippen MR) is 83.6 cm³/mol. The van der Waals surface area contributed by atoms with Crippen molar-refractivity contribution in [2.45, 2.75) is 30.3 Å². The molecule has 1 aliphatic carbocycles. The van der Waals surface area contributed by atoms with Gasteiger partial charge in [0, 0.05) is 16.2 Å². The van der Waals surface area contributed by atoms with Gasteiger partial charge in [0.2, 0.25) is 0 Å². The van der Waals surface area contributed by atoms with E-state index in [9.17, 15) is 13.2 Å². The summed E-state index contributed by atoms with van der Waals surface area (Å²) in [5.74, 6) is 0. The molecule has 1 aliphatic heterocycles. The first kappa shape index (κ1) is 15.4. The van der Waals surface area contributed by atoms with Crippen molar-refractivity contribution in [2.75, 3.05) is 6.54 Å². The number of nitrogens with zero attached hydrogens (tertiary/aromatic N) is 1. The van der Waals surface area contributed by atoms with Crippen LogP contribution < -0.4 is 5.73 Å². The Bertz CT molecular complexity index is 687. The van der Waals surface area contributed by atoms with Crippen molar-refractivity contribution in [3.05, 3.63) is 46.4 Å². The van der Waals surface area contributed by atoms with Gasteiger partial charge >= 0.3 is 6.18 Å². The molecule has 2 nitrogen and oxygen atoms in total. The molecule has 1 aromatic rings. The number of alkyl halides is 3. The number of nitrogens with two attached hydrogens (primary N) is 1. The summed E-state index contributed by atoms with van der Waals surface area (Å²) in [6.07, 6.45) is 3.01. The van der Waals surface area contributed by atoms with Gasteiger partial charge in [0.05, 0.1) is 17.0 Å². The highest BCUT2D eigenvalue weighted by Gasteiger charge is 2.35. The second-order valence-electron chi connectivity index (χ2n) is 5.19. The Hall–Kier alpha value is -1.53. The fourth-order valence-electron chi connectivity index (χ4n) is 2.53. The Kier molecular flexibility index (Phi) is 4.14. The highest BCUT2D eigenvalue weighted by Crippen LogP contribution is 2.45. The van der Waals surface area contributed by atoms with E-state index in [4.69, 9.17) is 5.73 Å². The maximum absolute atomic E-state index is 13.3. The quantitative estimate of drug-likeness (QED) is 0.881. The van der Waals surface area contributed by atoms with Gasteiger partial charge in [0.1, 0.15) is 0 Å². The predicted octanol–water partition coefficient (Wildman–Crippen LogP) is 4.62. The number of hydrogen-bond donors (Lipinski definition) is 1. The lowest BCUT2D eigenvalue weighted by Crippen LogP contribution is -2.12. The largest absolute Gasteiger partial charge is 0.416 e. The molecule has 3 rings (SSSR count). The van der Waals surface area contributed by atoms with Crippen LogP contribution in [0.25, 0.3) is 0 Å². The van der Waals surface area contributed by atoms with Gasteiger partial charge in [-0.2, -0.15) is 13.2 Å². The minimum absolute atomic E-state index is 0.301. The first-order valence-corrected chi connectivity index (χ1v) is 7.87. The Morgan fingerprint density at radius 3 is 2.82 bits per heavy atom. The van der Waals surface area contributed by atoms with E-state index >= 15 is 0 Å². The summed E-state index contributed by atoms with van der Waals surface area (Å²) < 4.78 is 39.8. The number of thioether (sulfide) groups is 1. The van der Waals surface area contributed by atoms with E-state index in [0.29, 0.717) is 37.1 Å². The Morgan fingerprint density at radius 2 is 2.09 bits per heavy atom. The van der Waals surface area contributed by atoms with E-state index < -0.39 is 11.7 Å². The summed E-state index contributed by atoms with van der Waals surface area (Å²) in [6.45, 7) is 0.375. The number of aliphatic imine (C=N–C) groups is 1. The van der Waals surface area contributed by atoms with Crippen molar-refractivity contribution in [3.8, 4) is 0 Å². The molecule has 1 heterocycles. The van der Waals surface area contributed by atoms with Gasteiger partial charge in [-0.1, -0.05) is 23.9 Å². The molecule has 6 heteroatoms. The molecule has 0 atom stereocenters. The number of halogens is 3. The number of rotatable bonds is 3. The zero-order chi connectivity index (χ0) is 15.7. The second kappa shape index (κ2) is 5.93. The van der Waals surface area contributed by atoms with Crippen LogP contribution in [-0.2, 0) is 12.6 Å². The van der Waals surface area contributed by atoms with Crippen molar-refractivity contribution in [2.24, 2.45) is 10.7 Å². The van der Waals surface area contributed by atoms with Crippen molar-refractivity contribution in [1.82, 2.24) is 0 Å². The summed E-state index contributed by atoms with van der Waals surface area (Å²) in [5.41, 5.74) is 6.39. The molecule has 0 bridgehead atoms. The molecule has 0 amide bonds. The van der Waals surface area contributed by atoms with Crippen LogP contribution in [0.3, 0.4) is 0 Å². The smallest absolute Gasteiger partial charge is 0.330 e. The molecule has 0 saturated heterocycles. The Labute approximate surface area is 131 Å². The van der Waals surface area contributed by atoms with Crippen LogP contribution in [0.4, 0.5) is 18.9 Å². The van der Waals surface area contributed by atoms with Crippen LogP contribution in [0.5, 0.6) is 0 Å². The van der Waals surface area contributed by atoms with E-state index in [1.165, 1.54) is 17.8 Å². The third kappa shape index (κ3) is 2.98. The average molecular weight is 324 g/mol. The number of fused-ring (bicyclic) bond motifs is 2. The zero-order valence-electron chi connectivity index (χ0n) is 11.8. The van der Waals surface area contributed by atoms with Gasteiger partial charge < -0.3 is 5.73 Å². The van der Waals surface area contributed by atoms with Crippen molar-refractivity contribution >= 4 is 23.2 Å². The lowest BCUT2D eigenvalue weighted by molar-refractivity contribution is -0.138. The van der Waals surface area contributed by atoms with Crippen molar-refractivity contribution in [1.29, 1.82) is 0 Å². The van der Waals surface area contributed by atoms with Crippen LogP contribution in [0, 0.1) is 0 Å². The van der Waals surface area contributed by atoms with Gasteiger partial charge in [-0.3, -0.25) is 4.99 Å². The van der Waals surface area contributed by atoms with Crippen molar-refractivity contribution < 1.29 is 13.2 Å². The summed E-state index contributed by atoms with van der Waals surface area (Å²) in [7, 11) is 0. The highest BCUT2D eigenvalue weighted by molar-refractivity contribution is 8.04. The maximum Gasteiger partial charge on any atom is 0.416 e. The number of hydrogen-bond acceptors (Lipinski definition) is 3. The molecular formula is C16H15F3N2S. The van der Waals surface area contributed by atoms with Crippen molar-refractivity contribution in [3.63, 3.8) is 0 Å². The molecule has 2 N–H and O–H groups in total. The Morgan fingerprint density at radius 1 is 1.27 bits per heavy atom. The standard InChI is InChI=1S/C16H15F3N2S/c17-16(18,19)11-9-13-15(8-10(11)4-3-7-20)22-14-6-2-1-5-12(14)21-13/h1-2,6,8-9H,3-5,7,20H2. The average Bonchev–Trinajstić information content (AvgIpc) is 2.49. The molecule has 0 aromatic heterocycles. The molecule has 0 fully saturated rings. The SMILES string of the molecule is NCCCc1cc2c(cc1C(F)(F)F)N=C1CC=CC=C1S2. The molecule has 116 valence electrons. The molecule has 2 aliphatic rings. The summed E-state index contributed by atoms with van der Waals surface area (Å²) in [6, 6.07) is 2.80. The van der Waals surface area contributed by atoms with Gasteiger partial charge in [0.25, 0.3) is 0 Å². The molecule has 22 heavy (non-hydrogen) atoms. The Balaban J connectivity index is 2.07. The van der Waals surface area contributed by atoms with Crippen LogP contribution in [0.1, 0.15) is 24.0 Å². The molecule has 0 unspecified atom stereocenters. The lowest BCUT2D eigenvalue weighted by atomic mass is 10.0. The van der Waals surface area contributed by atoms with E-state index in [1.807, 2.05) is 18.2 Å². The van der Waals surface area contributed by atoms with Crippen LogP contribution in [0.15, 0.2) is 45.2 Å². The monoisotopic (exact) mass is 324 g/mol. The van der Waals surface area contributed by atoms with Crippen LogP contribution in [0.2, 0.25) is 0 Å². The first-order valence-electron chi connectivity index (χ1n) is 7.06. The van der Waals surface area contributed by atoms with Gasteiger partial charge in [-0.15, -0.1) is 0 Å². The molecule has 1 aromatic carbocycles. The summed E-state index contributed by atoms with van der Waals surface area (Å²) in [5, 5.41) is 0. The van der Waals surface area contributed by atoms with Crippen LogP contribution >= 0.6 is 11.8 Å². The van der Waals surface area contributed by atoms with Gasteiger partial charge in [0.15, 0.2) is 0 Å². The number of aryl methyl sites for hydroxylation is 1. The van der Waals surface area contributed by atoms with Gasteiger partial charge in [-0.05, 0) is 43.2 Å². The maximum atomic E-state index is 13.3. The minimum atomic E-state index is -4.37. The van der Waals surface area contributed by atoms with E-state index in [-0.39, 0.29) is 0 Å². The van der Waals surface area contributed by atoms with E-state index in [1.54, 1.807) is 6.07 Å². The fourth-order valence-corrected chi connectivity index (χ4v) is 3.57. The topological polar surface area (TPSA) is 38.4 Å². The van der Waals surface area contributed by atoms with Gasteiger partial charge in [-0.25, -0.2) is 0 Å². The normalized spacial score (nSPS) is 16.7. The number of benzene rings is 1. The molecule has 0 spiro atoms. The molecule has 0 saturated carbocycles. The third-order valence-corrected chi connectivity index (χ3v) is 4.73. The summed E-state index contributed by atoms with van der Waals surface area (Å²) in [4.78, 5) is 6.21. The molecule has 0 radical (unpaired) electrons. The third-order valence-electron chi connectivity index (χ3n) is 3.60. The first-order chi connectivity index (χ1) is 10.5. The number of allylic oxidation sites excluding steroid dienone is 4. The zero-order valence-corrected chi connectivity index (χ0v) is 12.6. The lowest BCUT2D eigenvalue weighted by Gasteiger charge is -2.22.